The maximum absolute atomic E-state index is 5.69. The summed E-state index contributed by atoms with van der Waals surface area (Å²) in [7, 11) is 5.06. The Kier molecular flexibility index (Phi) is 10.8. The molecule has 0 heterocycles. The van der Waals surface area contributed by atoms with Crippen LogP contribution in [0.15, 0.2) is 47.5 Å². The molecule has 30 heavy (non-hydrogen) atoms. The SMILES string of the molecule is CCOc1ccccc1CNC(=NC)NCC(C)(C)c1ccc(OC)c(OC)c1.I. The molecule has 2 N–H and O–H groups in total. The van der Waals surface area contributed by atoms with Gasteiger partial charge in [0.1, 0.15) is 5.75 Å². The molecule has 7 heteroatoms. The number of benzene rings is 2. The number of ether oxygens (including phenoxy) is 3. The highest BCUT2D eigenvalue weighted by molar-refractivity contribution is 14.0. The van der Waals surface area contributed by atoms with Crippen molar-refractivity contribution >= 4 is 29.9 Å². The van der Waals surface area contributed by atoms with Gasteiger partial charge in [-0.15, -0.1) is 24.0 Å². The van der Waals surface area contributed by atoms with Gasteiger partial charge >= 0.3 is 0 Å². The predicted octanol–water partition coefficient (Wildman–Crippen LogP) is 4.36. The van der Waals surface area contributed by atoms with E-state index >= 15 is 0 Å². The first kappa shape index (κ1) is 25.9. The lowest BCUT2D eigenvalue weighted by atomic mass is 9.84. The summed E-state index contributed by atoms with van der Waals surface area (Å²) in [6.07, 6.45) is 0. The Hall–Kier alpha value is -2.16. The lowest BCUT2D eigenvalue weighted by Crippen LogP contribution is -2.43. The van der Waals surface area contributed by atoms with Crippen molar-refractivity contribution in [3.63, 3.8) is 0 Å². The largest absolute Gasteiger partial charge is 0.494 e. The van der Waals surface area contributed by atoms with Crippen molar-refractivity contribution in [3.05, 3.63) is 53.6 Å². The van der Waals surface area contributed by atoms with Crippen LogP contribution in [0.5, 0.6) is 17.2 Å². The van der Waals surface area contributed by atoms with Crippen LogP contribution in [0.2, 0.25) is 0 Å². The van der Waals surface area contributed by atoms with Crippen molar-refractivity contribution in [2.45, 2.75) is 32.7 Å². The number of guanidine groups is 1. The van der Waals surface area contributed by atoms with E-state index in [1.165, 1.54) is 0 Å². The minimum absolute atomic E-state index is 0. The number of para-hydroxylation sites is 1. The second-order valence-electron chi connectivity index (χ2n) is 7.27. The number of aliphatic imine (C=N–C) groups is 1. The Morgan fingerprint density at radius 1 is 0.967 bits per heavy atom. The second kappa shape index (κ2) is 12.5. The molecule has 0 radical (unpaired) electrons. The molecular weight excluding hydrogens is 493 g/mol. The van der Waals surface area contributed by atoms with Crippen LogP contribution in [-0.2, 0) is 12.0 Å². The number of methoxy groups -OCH3 is 2. The molecule has 166 valence electrons. The molecule has 0 bridgehead atoms. The topological polar surface area (TPSA) is 64.1 Å². The molecule has 0 fully saturated rings. The molecule has 6 nitrogen and oxygen atoms in total. The average Bonchev–Trinajstić information content (AvgIpc) is 2.74. The first-order valence-corrected chi connectivity index (χ1v) is 9.83. The molecule has 0 aliphatic heterocycles. The molecule has 2 rings (SSSR count). The van der Waals surface area contributed by atoms with Crippen molar-refractivity contribution in [3.8, 4) is 17.2 Å². The Labute approximate surface area is 197 Å². The first-order chi connectivity index (χ1) is 13.9. The van der Waals surface area contributed by atoms with Crippen LogP contribution < -0.4 is 24.8 Å². The lowest BCUT2D eigenvalue weighted by Gasteiger charge is -2.27. The molecule has 0 atom stereocenters. The minimum atomic E-state index is -0.138. The van der Waals surface area contributed by atoms with Crippen molar-refractivity contribution < 1.29 is 14.2 Å². The molecule has 0 aromatic heterocycles. The number of halogens is 1. The zero-order chi connectivity index (χ0) is 21.3. The summed E-state index contributed by atoms with van der Waals surface area (Å²) in [5.41, 5.74) is 2.11. The van der Waals surface area contributed by atoms with Crippen molar-refractivity contribution in [2.24, 2.45) is 4.99 Å². The van der Waals surface area contributed by atoms with Gasteiger partial charge in [0, 0.05) is 31.1 Å². The van der Waals surface area contributed by atoms with Crippen LogP contribution >= 0.6 is 24.0 Å². The van der Waals surface area contributed by atoms with Gasteiger partial charge in [-0.3, -0.25) is 4.99 Å². The van der Waals surface area contributed by atoms with Crippen molar-refractivity contribution in [2.75, 3.05) is 34.4 Å². The fourth-order valence-corrected chi connectivity index (χ4v) is 3.01. The highest BCUT2D eigenvalue weighted by atomic mass is 127. The average molecular weight is 527 g/mol. The Morgan fingerprint density at radius 2 is 1.67 bits per heavy atom. The Balaban J connectivity index is 0.00000450. The van der Waals surface area contributed by atoms with Gasteiger partial charge in [-0.1, -0.05) is 38.1 Å². The highest BCUT2D eigenvalue weighted by Crippen LogP contribution is 2.32. The van der Waals surface area contributed by atoms with E-state index in [1.54, 1.807) is 21.3 Å². The van der Waals surface area contributed by atoms with Crippen LogP contribution in [0.1, 0.15) is 31.9 Å². The molecule has 0 spiro atoms. The minimum Gasteiger partial charge on any atom is -0.494 e. The number of hydrogen-bond acceptors (Lipinski definition) is 4. The molecule has 0 saturated carbocycles. The number of rotatable bonds is 9. The maximum Gasteiger partial charge on any atom is 0.191 e. The van der Waals surface area contributed by atoms with Crippen LogP contribution in [-0.4, -0.2) is 40.4 Å². The smallest absolute Gasteiger partial charge is 0.191 e. The number of nitrogens with one attached hydrogen (secondary N) is 2. The Bertz CT molecular complexity index is 825. The van der Waals surface area contributed by atoms with E-state index < -0.39 is 0 Å². The predicted molar refractivity (Wildman–Crippen MR) is 134 cm³/mol. The zero-order valence-electron chi connectivity index (χ0n) is 18.7. The molecule has 0 unspecified atom stereocenters. The quantitative estimate of drug-likeness (QED) is 0.288. The summed E-state index contributed by atoms with van der Waals surface area (Å²) in [5, 5.41) is 6.79. The van der Waals surface area contributed by atoms with Gasteiger partial charge in [-0.25, -0.2) is 0 Å². The van der Waals surface area contributed by atoms with Gasteiger partial charge in [0.05, 0.1) is 20.8 Å². The van der Waals surface area contributed by atoms with Gasteiger partial charge in [0.2, 0.25) is 0 Å². The molecular formula is C23H34IN3O3. The third-order valence-corrected chi connectivity index (χ3v) is 4.81. The van der Waals surface area contributed by atoms with E-state index in [4.69, 9.17) is 14.2 Å². The van der Waals surface area contributed by atoms with Gasteiger partial charge < -0.3 is 24.8 Å². The monoisotopic (exact) mass is 527 g/mol. The van der Waals surface area contributed by atoms with Crippen molar-refractivity contribution in [1.29, 1.82) is 0 Å². The van der Waals surface area contributed by atoms with E-state index in [9.17, 15) is 0 Å². The summed E-state index contributed by atoms with van der Waals surface area (Å²) >= 11 is 0. The fourth-order valence-electron chi connectivity index (χ4n) is 3.01. The maximum atomic E-state index is 5.69. The van der Waals surface area contributed by atoms with Crippen LogP contribution in [0.25, 0.3) is 0 Å². The second-order valence-corrected chi connectivity index (χ2v) is 7.27. The molecule has 0 amide bonds. The van der Waals surface area contributed by atoms with Crippen LogP contribution in [0.3, 0.4) is 0 Å². The molecule has 0 aliphatic rings. The van der Waals surface area contributed by atoms with E-state index in [0.29, 0.717) is 19.7 Å². The summed E-state index contributed by atoms with van der Waals surface area (Å²) in [6, 6.07) is 14.1. The summed E-state index contributed by atoms with van der Waals surface area (Å²) in [4.78, 5) is 4.35. The molecule has 2 aromatic carbocycles. The molecule has 0 saturated heterocycles. The zero-order valence-corrected chi connectivity index (χ0v) is 21.1. The standard InChI is InChI=1S/C23H33N3O3.HI/c1-7-29-19-11-9-8-10-17(19)15-25-22(24-4)26-16-23(2,3)18-12-13-20(27-5)21(14-18)28-6;/h8-14H,7,15-16H2,1-6H3,(H2,24,25,26);1H. The van der Waals surface area contributed by atoms with E-state index in [0.717, 1.165) is 34.3 Å². The van der Waals surface area contributed by atoms with E-state index in [2.05, 4.69) is 41.6 Å². The number of nitrogens with zero attached hydrogens (tertiary/aromatic N) is 1. The van der Waals surface area contributed by atoms with Crippen LogP contribution in [0, 0.1) is 0 Å². The van der Waals surface area contributed by atoms with Gasteiger partial charge in [-0.2, -0.15) is 0 Å². The molecule has 2 aromatic rings. The summed E-state index contributed by atoms with van der Waals surface area (Å²) < 4.78 is 16.5. The van der Waals surface area contributed by atoms with Gasteiger partial charge in [0.25, 0.3) is 0 Å². The fraction of sp³-hybridized carbons (Fsp3) is 0.435. The first-order valence-electron chi connectivity index (χ1n) is 9.83. The summed E-state index contributed by atoms with van der Waals surface area (Å²) in [5.74, 6) is 3.09. The van der Waals surface area contributed by atoms with Crippen molar-refractivity contribution in [1.82, 2.24) is 10.6 Å². The van der Waals surface area contributed by atoms with E-state index in [1.807, 2.05) is 37.3 Å². The van der Waals surface area contributed by atoms with Crippen LogP contribution in [0.4, 0.5) is 0 Å². The summed E-state index contributed by atoms with van der Waals surface area (Å²) in [6.45, 7) is 8.32. The third-order valence-electron chi connectivity index (χ3n) is 4.81. The lowest BCUT2D eigenvalue weighted by molar-refractivity contribution is 0.336. The van der Waals surface area contributed by atoms with E-state index in [-0.39, 0.29) is 29.4 Å². The number of hydrogen-bond donors (Lipinski definition) is 2. The highest BCUT2D eigenvalue weighted by Gasteiger charge is 2.22. The normalized spacial score (nSPS) is 11.3. The Morgan fingerprint density at radius 3 is 2.30 bits per heavy atom. The van der Waals surface area contributed by atoms with Gasteiger partial charge in [-0.05, 0) is 30.7 Å². The molecule has 0 aliphatic carbocycles. The van der Waals surface area contributed by atoms with Gasteiger partial charge in [0.15, 0.2) is 17.5 Å². The third kappa shape index (κ3) is 6.97.